The lowest BCUT2D eigenvalue weighted by Crippen LogP contribution is -2.39. The number of H-pyrrole nitrogens is 1. The smallest absolute Gasteiger partial charge is 0.348 e. The first kappa shape index (κ1) is 14.5. The van der Waals surface area contributed by atoms with E-state index < -0.39 is 0 Å². The summed E-state index contributed by atoms with van der Waals surface area (Å²) in [6, 6.07) is 7.85. The van der Waals surface area contributed by atoms with Crippen molar-refractivity contribution in [3.05, 3.63) is 46.1 Å². The lowest BCUT2D eigenvalue weighted by atomic mass is 10.1. The molecular weight excluding hydrogens is 336 g/mol. The van der Waals surface area contributed by atoms with Crippen LogP contribution in [0.4, 0.5) is 0 Å². The zero-order valence-electron chi connectivity index (χ0n) is 11.5. The summed E-state index contributed by atoms with van der Waals surface area (Å²) in [6.07, 6.45) is 1.09. The maximum absolute atomic E-state index is 11.8. The molecule has 1 unspecified atom stereocenters. The number of hydrogen-bond donors (Lipinski definition) is 2. The average Bonchev–Trinajstić information content (AvgIpc) is 2.90. The van der Waals surface area contributed by atoms with E-state index in [9.17, 15) is 4.79 Å². The third kappa shape index (κ3) is 3.42. The van der Waals surface area contributed by atoms with Gasteiger partial charge in [-0.1, -0.05) is 28.1 Å². The molecule has 2 N–H and O–H groups in total. The Hall–Kier alpha value is -1.44. The first-order chi connectivity index (χ1) is 10.3. The fourth-order valence-electron chi connectivity index (χ4n) is 2.39. The van der Waals surface area contributed by atoms with E-state index in [2.05, 4.69) is 31.3 Å². The highest BCUT2D eigenvalue weighted by molar-refractivity contribution is 9.08. The number of ether oxygens (including phenoxy) is 1. The number of aromatic amines is 1. The molecule has 2 heterocycles. The third-order valence-electron chi connectivity index (χ3n) is 3.44. The summed E-state index contributed by atoms with van der Waals surface area (Å²) >= 11 is 3.28. The molecule has 1 saturated heterocycles. The normalized spacial score (nSPS) is 18.8. The van der Waals surface area contributed by atoms with Crippen molar-refractivity contribution in [3.8, 4) is 5.69 Å². The molecule has 1 aromatic carbocycles. The van der Waals surface area contributed by atoms with Crippen LogP contribution in [0.25, 0.3) is 5.69 Å². The highest BCUT2D eigenvalue weighted by atomic mass is 79.9. The van der Waals surface area contributed by atoms with E-state index in [1.54, 1.807) is 0 Å². The minimum Gasteiger partial charge on any atom is -0.375 e. The van der Waals surface area contributed by atoms with Gasteiger partial charge in [0.05, 0.1) is 23.7 Å². The van der Waals surface area contributed by atoms with Gasteiger partial charge >= 0.3 is 5.69 Å². The lowest BCUT2D eigenvalue weighted by Gasteiger charge is -2.23. The number of nitrogens with one attached hydrogen (secondary N) is 2. The maximum atomic E-state index is 11.8. The average molecular weight is 353 g/mol. The van der Waals surface area contributed by atoms with Crippen molar-refractivity contribution in [2.75, 3.05) is 19.7 Å². The van der Waals surface area contributed by atoms with E-state index in [0.717, 1.165) is 31.8 Å². The fourth-order valence-corrected chi connectivity index (χ4v) is 2.64. The van der Waals surface area contributed by atoms with Gasteiger partial charge in [0, 0.05) is 13.1 Å². The van der Waals surface area contributed by atoms with Crippen molar-refractivity contribution in [1.29, 1.82) is 0 Å². The minimum atomic E-state index is -0.225. The number of benzene rings is 1. The van der Waals surface area contributed by atoms with Crippen LogP contribution in [0.1, 0.15) is 11.4 Å². The second-order valence-corrected chi connectivity index (χ2v) is 5.55. The fraction of sp³-hybridized carbons (Fsp3) is 0.429. The van der Waals surface area contributed by atoms with Crippen LogP contribution in [-0.2, 0) is 16.5 Å². The highest BCUT2D eigenvalue weighted by Crippen LogP contribution is 2.11. The van der Waals surface area contributed by atoms with Gasteiger partial charge in [-0.3, -0.25) is 4.98 Å². The Kier molecular flexibility index (Phi) is 4.52. The molecule has 7 heteroatoms. The summed E-state index contributed by atoms with van der Waals surface area (Å²) < 4.78 is 7.07. The molecule has 112 valence electrons. The van der Waals surface area contributed by atoms with Gasteiger partial charge in [0.15, 0.2) is 0 Å². The Balaban J connectivity index is 1.73. The monoisotopic (exact) mass is 352 g/mol. The van der Waals surface area contributed by atoms with E-state index >= 15 is 0 Å². The molecular formula is C14H17BrN4O2. The Labute approximate surface area is 130 Å². The molecule has 1 aromatic heterocycles. The molecule has 0 spiro atoms. The van der Waals surface area contributed by atoms with Gasteiger partial charge in [0.25, 0.3) is 0 Å². The molecule has 6 nitrogen and oxygen atoms in total. The summed E-state index contributed by atoms with van der Waals surface area (Å²) in [7, 11) is 0. The van der Waals surface area contributed by atoms with E-state index in [-0.39, 0.29) is 11.8 Å². The van der Waals surface area contributed by atoms with Crippen LogP contribution in [0.2, 0.25) is 0 Å². The number of nitrogens with zero attached hydrogens (tertiary/aromatic N) is 2. The zero-order chi connectivity index (χ0) is 14.7. The molecule has 0 saturated carbocycles. The van der Waals surface area contributed by atoms with Gasteiger partial charge in [-0.05, 0) is 24.1 Å². The van der Waals surface area contributed by atoms with Crippen molar-refractivity contribution < 1.29 is 4.74 Å². The number of alkyl halides is 1. The van der Waals surface area contributed by atoms with Gasteiger partial charge in [-0.2, -0.15) is 4.68 Å². The van der Waals surface area contributed by atoms with Crippen LogP contribution in [0.3, 0.4) is 0 Å². The van der Waals surface area contributed by atoms with Gasteiger partial charge in [-0.15, -0.1) is 5.10 Å². The SMILES string of the molecule is O=c1[nH]c(CBr)nn1-c1ccc(CC2CNCCO2)cc1. The second kappa shape index (κ2) is 6.55. The molecule has 0 amide bonds. The van der Waals surface area contributed by atoms with E-state index in [4.69, 9.17) is 4.74 Å². The largest absolute Gasteiger partial charge is 0.375 e. The van der Waals surface area contributed by atoms with Crippen molar-refractivity contribution in [2.45, 2.75) is 17.9 Å². The quantitative estimate of drug-likeness (QED) is 0.804. The van der Waals surface area contributed by atoms with Crippen LogP contribution in [0, 0.1) is 0 Å². The molecule has 1 aliphatic rings. The molecule has 0 radical (unpaired) electrons. The summed E-state index contributed by atoms with van der Waals surface area (Å²) in [5.41, 5.74) is 1.73. The summed E-state index contributed by atoms with van der Waals surface area (Å²) in [5.74, 6) is 0.616. The number of morpholine rings is 1. The first-order valence-electron chi connectivity index (χ1n) is 6.92. The van der Waals surface area contributed by atoms with E-state index in [0.29, 0.717) is 11.2 Å². The molecule has 0 aliphatic carbocycles. The van der Waals surface area contributed by atoms with Gasteiger partial charge < -0.3 is 10.1 Å². The van der Waals surface area contributed by atoms with Crippen LogP contribution >= 0.6 is 15.9 Å². The summed E-state index contributed by atoms with van der Waals surface area (Å²) in [5, 5.41) is 8.06. The van der Waals surface area contributed by atoms with Gasteiger partial charge in [0.2, 0.25) is 0 Å². The molecule has 1 aliphatic heterocycles. The molecule has 0 bridgehead atoms. The minimum absolute atomic E-state index is 0.220. The van der Waals surface area contributed by atoms with Crippen LogP contribution in [-0.4, -0.2) is 40.6 Å². The van der Waals surface area contributed by atoms with Crippen molar-refractivity contribution in [3.63, 3.8) is 0 Å². The number of rotatable bonds is 4. The Morgan fingerprint density at radius 3 is 2.81 bits per heavy atom. The van der Waals surface area contributed by atoms with Gasteiger partial charge in [0.1, 0.15) is 5.82 Å². The number of aromatic nitrogens is 3. The number of halogens is 1. The predicted molar refractivity (Wildman–Crippen MR) is 83.1 cm³/mol. The van der Waals surface area contributed by atoms with Crippen LogP contribution in [0.5, 0.6) is 0 Å². The molecule has 21 heavy (non-hydrogen) atoms. The zero-order valence-corrected chi connectivity index (χ0v) is 13.1. The standard InChI is InChI=1S/C14H17BrN4O2/c15-8-13-17-14(20)19(18-13)11-3-1-10(2-4-11)7-12-9-16-5-6-21-12/h1-4,12,16H,5-9H2,(H,17,18,20). The summed E-state index contributed by atoms with van der Waals surface area (Å²) in [4.78, 5) is 14.5. The van der Waals surface area contributed by atoms with E-state index in [1.807, 2.05) is 24.3 Å². The molecule has 1 fully saturated rings. The van der Waals surface area contributed by atoms with Crippen LogP contribution in [0.15, 0.2) is 29.1 Å². The summed E-state index contributed by atoms with van der Waals surface area (Å²) in [6.45, 7) is 2.57. The Morgan fingerprint density at radius 2 is 2.19 bits per heavy atom. The number of hydrogen-bond acceptors (Lipinski definition) is 4. The Morgan fingerprint density at radius 1 is 1.38 bits per heavy atom. The third-order valence-corrected chi connectivity index (χ3v) is 3.97. The predicted octanol–water partition coefficient (Wildman–Crippen LogP) is 0.986. The molecule has 3 rings (SSSR count). The van der Waals surface area contributed by atoms with Crippen molar-refractivity contribution in [2.24, 2.45) is 0 Å². The van der Waals surface area contributed by atoms with Crippen molar-refractivity contribution in [1.82, 2.24) is 20.1 Å². The Bertz CT molecular complexity index is 644. The maximum Gasteiger partial charge on any atom is 0.348 e. The molecule has 1 atom stereocenters. The topological polar surface area (TPSA) is 71.9 Å². The van der Waals surface area contributed by atoms with E-state index in [1.165, 1.54) is 10.2 Å². The van der Waals surface area contributed by atoms with Crippen LogP contribution < -0.4 is 11.0 Å². The highest BCUT2D eigenvalue weighted by Gasteiger charge is 2.14. The lowest BCUT2D eigenvalue weighted by molar-refractivity contribution is 0.0292. The van der Waals surface area contributed by atoms with Gasteiger partial charge in [-0.25, -0.2) is 4.79 Å². The second-order valence-electron chi connectivity index (χ2n) is 4.99. The molecule has 2 aromatic rings. The van der Waals surface area contributed by atoms with Crippen molar-refractivity contribution >= 4 is 15.9 Å². The first-order valence-corrected chi connectivity index (χ1v) is 8.04.